The first-order valence-electron chi connectivity index (χ1n) is 8.08. The molecule has 128 valence electrons. The van der Waals surface area contributed by atoms with Crippen LogP contribution in [0.4, 0.5) is 22.1 Å². The molecule has 0 aliphatic carbocycles. The zero-order valence-corrected chi connectivity index (χ0v) is 14.4. The second kappa shape index (κ2) is 7.12. The van der Waals surface area contributed by atoms with Crippen LogP contribution in [0.5, 0.6) is 0 Å². The number of fused-ring (bicyclic) bond motifs is 1. The number of nitrogens with one attached hydrogen (secondary N) is 3. The van der Waals surface area contributed by atoms with Crippen molar-refractivity contribution in [2.45, 2.75) is 20.8 Å². The fourth-order valence-electron chi connectivity index (χ4n) is 2.37. The molecule has 0 unspecified atom stereocenters. The van der Waals surface area contributed by atoms with Crippen LogP contribution in [0.15, 0.2) is 36.5 Å². The highest BCUT2D eigenvalue weighted by molar-refractivity contribution is 5.89. The molecule has 0 spiro atoms. The van der Waals surface area contributed by atoms with Crippen LogP contribution < -0.4 is 16.0 Å². The summed E-state index contributed by atoms with van der Waals surface area (Å²) >= 11 is 0. The lowest BCUT2D eigenvalue weighted by atomic mass is 10.1. The zero-order chi connectivity index (χ0) is 17.8. The SMILES string of the molecule is CCNC(=O)Nc1ccc2ncc(Nc3cccc(C)c3C)nc2n1. The van der Waals surface area contributed by atoms with Gasteiger partial charge in [0.05, 0.1) is 6.20 Å². The molecule has 0 fully saturated rings. The Bertz CT molecular complexity index is 925. The second-order valence-corrected chi connectivity index (χ2v) is 5.65. The molecule has 0 atom stereocenters. The van der Waals surface area contributed by atoms with Gasteiger partial charge in [0, 0.05) is 12.2 Å². The highest BCUT2D eigenvalue weighted by atomic mass is 16.2. The molecule has 0 bridgehead atoms. The third-order valence-corrected chi connectivity index (χ3v) is 3.85. The number of carbonyl (C=O) groups is 1. The maximum absolute atomic E-state index is 11.6. The van der Waals surface area contributed by atoms with Gasteiger partial charge in [-0.05, 0) is 50.1 Å². The molecule has 0 saturated heterocycles. The van der Waals surface area contributed by atoms with Gasteiger partial charge in [-0.15, -0.1) is 0 Å². The third-order valence-electron chi connectivity index (χ3n) is 3.85. The Labute approximate surface area is 145 Å². The number of benzene rings is 1. The van der Waals surface area contributed by atoms with E-state index in [9.17, 15) is 4.79 Å². The number of aryl methyl sites for hydroxylation is 1. The minimum atomic E-state index is -0.299. The quantitative estimate of drug-likeness (QED) is 0.678. The molecule has 25 heavy (non-hydrogen) atoms. The summed E-state index contributed by atoms with van der Waals surface area (Å²) in [4.78, 5) is 24.8. The number of hydrogen-bond acceptors (Lipinski definition) is 5. The number of anilines is 3. The smallest absolute Gasteiger partial charge is 0.320 e. The van der Waals surface area contributed by atoms with Crippen molar-refractivity contribution >= 4 is 34.5 Å². The van der Waals surface area contributed by atoms with Crippen LogP contribution in [-0.2, 0) is 0 Å². The fraction of sp³-hybridized carbons (Fsp3) is 0.222. The average Bonchev–Trinajstić information content (AvgIpc) is 2.59. The number of aromatic nitrogens is 3. The molecule has 0 radical (unpaired) electrons. The van der Waals surface area contributed by atoms with Crippen LogP contribution in [0, 0.1) is 13.8 Å². The predicted octanol–water partition coefficient (Wildman–Crippen LogP) is 3.53. The van der Waals surface area contributed by atoms with Crippen LogP contribution in [0.3, 0.4) is 0 Å². The molecule has 3 rings (SSSR count). The molecule has 3 N–H and O–H groups in total. The number of pyridine rings is 1. The molecule has 7 heteroatoms. The lowest BCUT2D eigenvalue weighted by molar-refractivity contribution is 0.252. The third kappa shape index (κ3) is 3.82. The van der Waals surface area contributed by atoms with Gasteiger partial charge in [-0.2, -0.15) is 0 Å². The number of carbonyl (C=O) groups excluding carboxylic acids is 1. The normalized spacial score (nSPS) is 10.5. The average molecular weight is 336 g/mol. The summed E-state index contributed by atoms with van der Waals surface area (Å²) in [5.74, 6) is 1.03. The van der Waals surface area contributed by atoms with E-state index >= 15 is 0 Å². The molecule has 7 nitrogen and oxygen atoms in total. The van der Waals surface area contributed by atoms with Crippen molar-refractivity contribution in [2.75, 3.05) is 17.2 Å². The van der Waals surface area contributed by atoms with Gasteiger partial charge >= 0.3 is 6.03 Å². The largest absolute Gasteiger partial charge is 0.339 e. The lowest BCUT2D eigenvalue weighted by Gasteiger charge is -2.11. The molecular weight excluding hydrogens is 316 g/mol. The van der Waals surface area contributed by atoms with Crippen LogP contribution in [-0.4, -0.2) is 27.5 Å². The van der Waals surface area contributed by atoms with Gasteiger partial charge in [-0.25, -0.2) is 19.7 Å². The summed E-state index contributed by atoms with van der Waals surface area (Å²) in [6.45, 7) is 6.51. The molecule has 1 aromatic carbocycles. The first kappa shape index (κ1) is 16.6. The zero-order valence-electron chi connectivity index (χ0n) is 14.4. The van der Waals surface area contributed by atoms with E-state index in [0.29, 0.717) is 29.3 Å². The molecule has 2 heterocycles. The van der Waals surface area contributed by atoms with E-state index in [2.05, 4.69) is 50.8 Å². The standard InChI is InChI=1S/C18H20N6O/c1-4-19-18(25)24-15-9-8-14-17(22-15)23-16(10-20-14)21-13-7-5-6-11(2)12(13)3/h5-10H,4H2,1-3H3,(H3,19,21,22,23,24,25). The summed E-state index contributed by atoms with van der Waals surface area (Å²) in [7, 11) is 0. The Morgan fingerprint density at radius 1 is 1.08 bits per heavy atom. The molecule has 2 amide bonds. The maximum atomic E-state index is 11.6. The minimum Gasteiger partial charge on any atom is -0.339 e. The summed E-state index contributed by atoms with van der Waals surface area (Å²) < 4.78 is 0. The summed E-state index contributed by atoms with van der Waals surface area (Å²) in [6, 6.07) is 9.23. The van der Waals surface area contributed by atoms with Crippen LogP contribution in [0.2, 0.25) is 0 Å². The van der Waals surface area contributed by atoms with Crippen molar-refractivity contribution in [3.05, 3.63) is 47.7 Å². The fourth-order valence-corrected chi connectivity index (χ4v) is 2.37. The Morgan fingerprint density at radius 2 is 1.88 bits per heavy atom. The molecule has 0 aliphatic heterocycles. The topological polar surface area (TPSA) is 91.8 Å². The van der Waals surface area contributed by atoms with Gasteiger partial charge in [-0.1, -0.05) is 12.1 Å². The van der Waals surface area contributed by atoms with Gasteiger partial charge < -0.3 is 10.6 Å². The molecule has 0 saturated carbocycles. The van der Waals surface area contributed by atoms with E-state index in [1.807, 2.05) is 19.1 Å². The van der Waals surface area contributed by atoms with Gasteiger partial charge in [0.25, 0.3) is 0 Å². The van der Waals surface area contributed by atoms with Gasteiger partial charge in [0.15, 0.2) is 11.5 Å². The highest BCUT2D eigenvalue weighted by Crippen LogP contribution is 2.22. The van der Waals surface area contributed by atoms with Crippen LogP contribution >= 0.6 is 0 Å². The van der Waals surface area contributed by atoms with Crippen LogP contribution in [0.25, 0.3) is 11.2 Å². The van der Waals surface area contributed by atoms with Gasteiger partial charge in [-0.3, -0.25) is 5.32 Å². The Hall–Kier alpha value is -3.22. The van der Waals surface area contributed by atoms with Crippen LogP contribution in [0.1, 0.15) is 18.1 Å². The van der Waals surface area contributed by atoms with E-state index in [0.717, 1.165) is 11.3 Å². The molecule has 2 aromatic heterocycles. The second-order valence-electron chi connectivity index (χ2n) is 5.65. The summed E-state index contributed by atoms with van der Waals surface area (Å²) in [5, 5.41) is 8.60. The minimum absolute atomic E-state index is 0.299. The van der Waals surface area contributed by atoms with Crippen molar-refractivity contribution in [1.29, 1.82) is 0 Å². The molecule has 3 aromatic rings. The van der Waals surface area contributed by atoms with E-state index in [4.69, 9.17) is 0 Å². The monoisotopic (exact) mass is 336 g/mol. The molecular formula is C18H20N6O. The first-order chi connectivity index (χ1) is 12.1. The lowest BCUT2D eigenvalue weighted by Crippen LogP contribution is -2.28. The summed E-state index contributed by atoms with van der Waals surface area (Å²) in [5.41, 5.74) is 4.46. The Kier molecular flexibility index (Phi) is 4.74. The highest BCUT2D eigenvalue weighted by Gasteiger charge is 2.07. The van der Waals surface area contributed by atoms with E-state index in [1.165, 1.54) is 5.56 Å². The number of nitrogens with zero attached hydrogens (tertiary/aromatic N) is 3. The molecule has 0 aliphatic rings. The van der Waals surface area contributed by atoms with E-state index in [1.54, 1.807) is 18.3 Å². The maximum Gasteiger partial charge on any atom is 0.320 e. The number of rotatable bonds is 4. The van der Waals surface area contributed by atoms with E-state index in [-0.39, 0.29) is 6.03 Å². The van der Waals surface area contributed by atoms with E-state index < -0.39 is 0 Å². The van der Waals surface area contributed by atoms with Gasteiger partial charge in [0.1, 0.15) is 11.3 Å². The summed E-state index contributed by atoms with van der Waals surface area (Å²) in [6.07, 6.45) is 1.67. The Morgan fingerprint density at radius 3 is 2.68 bits per heavy atom. The van der Waals surface area contributed by atoms with Crippen molar-refractivity contribution < 1.29 is 4.79 Å². The van der Waals surface area contributed by atoms with Crippen molar-refractivity contribution in [3.8, 4) is 0 Å². The number of hydrogen-bond donors (Lipinski definition) is 3. The van der Waals surface area contributed by atoms with Gasteiger partial charge in [0.2, 0.25) is 0 Å². The number of amides is 2. The predicted molar refractivity (Wildman–Crippen MR) is 99.2 cm³/mol. The van der Waals surface area contributed by atoms with Crippen molar-refractivity contribution in [1.82, 2.24) is 20.3 Å². The first-order valence-corrected chi connectivity index (χ1v) is 8.08. The number of urea groups is 1. The Balaban J connectivity index is 1.87. The van der Waals surface area contributed by atoms with Crippen molar-refractivity contribution in [2.24, 2.45) is 0 Å². The van der Waals surface area contributed by atoms with Crippen molar-refractivity contribution in [3.63, 3.8) is 0 Å².